The first-order chi connectivity index (χ1) is 16.3. The Morgan fingerprint density at radius 2 is 2.03 bits per heavy atom. The van der Waals surface area contributed by atoms with Gasteiger partial charge in [0.15, 0.2) is 5.58 Å². The van der Waals surface area contributed by atoms with Crippen LogP contribution in [0.25, 0.3) is 38.9 Å². The Hall–Kier alpha value is -3.91. The lowest BCUT2D eigenvalue weighted by Crippen LogP contribution is -2.62. The second-order valence-electron chi connectivity index (χ2n) is 9.20. The zero-order valence-electron chi connectivity index (χ0n) is 19.0. The van der Waals surface area contributed by atoms with Gasteiger partial charge < -0.3 is 24.3 Å². The van der Waals surface area contributed by atoms with Crippen LogP contribution in [0.4, 0.5) is 0 Å². The van der Waals surface area contributed by atoms with Crippen molar-refractivity contribution in [3.8, 4) is 11.4 Å². The van der Waals surface area contributed by atoms with E-state index < -0.39 is 18.0 Å². The number of carboxylic acids is 1. The van der Waals surface area contributed by atoms with E-state index in [1.165, 1.54) is 4.90 Å². The molecule has 2 aliphatic heterocycles. The molecule has 6 rings (SSSR count). The molecule has 1 fully saturated rings. The average Bonchev–Trinajstić information content (AvgIpc) is 3.44. The smallest absolute Gasteiger partial charge is 0.292 e. The molecule has 1 N–H and O–H groups in total. The Morgan fingerprint density at radius 1 is 1.26 bits per heavy atom. The third kappa shape index (κ3) is 2.66. The van der Waals surface area contributed by atoms with Crippen molar-refractivity contribution in [2.24, 2.45) is 20.0 Å². The number of rotatable bonds is 4. The molecule has 34 heavy (non-hydrogen) atoms. The molecule has 8 nitrogen and oxygen atoms in total. The topological polar surface area (TPSA) is 103 Å². The predicted octanol–water partition coefficient (Wildman–Crippen LogP) is 1.49. The van der Waals surface area contributed by atoms with Crippen molar-refractivity contribution in [1.29, 1.82) is 0 Å². The van der Waals surface area contributed by atoms with Crippen molar-refractivity contribution in [1.82, 2.24) is 9.47 Å². The molecular formula is C26H23N3O5. The summed E-state index contributed by atoms with van der Waals surface area (Å²) in [7, 11) is 3.88. The minimum Gasteiger partial charge on any atom is -0.543 e. The number of β-lactam (4-membered cyclic amide) rings is 1. The Labute approximate surface area is 194 Å². The third-order valence-corrected chi connectivity index (χ3v) is 7.17. The van der Waals surface area contributed by atoms with E-state index in [2.05, 4.69) is 0 Å². The van der Waals surface area contributed by atoms with Gasteiger partial charge >= 0.3 is 0 Å². The van der Waals surface area contributed by atoms with Crippen LogP contribution in [0.15, 0.2) is 58.9 Å². The fraction of sp³-hybridized carbons (Fsp3) is 0.269. The molecule has 0 aliphatic carbocycles. The standard InChI is InChI=1S/C26H23N3O5/c1-13(30)21-19-12-16(22(26(32)33)29(19)25(21)31)14-10-17-15-6-4-5-7-20(15)34-23(17)18(11-14)24-27(2)8-9-28(24)3/h4-11,13,19,21,30H,12H2,1-3H3/t13-,19-,21-/m1/s1. The number of para-hydroxylation sites is 1. The second kappa shape index (κ2) is 7.04. The molecule has 0 spiro atoms. The number of amides is 1. The molecule has 1 amide bonds. The molecular weight excluding hydrogens is 434 g/mol. The van der Waals surface area contributed by atoms with Crippen LogP contribution in [0.1, 0.15) is 18.9 Å². The fourth-order valence-electron chi connectivity index (χ4n) is 5.65. The maximum absolute atomic E-state index is 12.7. The molecule has 3 atom stereocenters. The van der Waals surface area contributed by atoms with Crippen molar-refractivity contribution < 1.29 is 28.8 Å². The number of carbonyl (C=O) groups is 2. The van der Waals surface area contributed by atoms with E-state index in [1.807, 2.05) is 72.0 Å². The van der Waals surface area contributed by atoms with Gasteiger partial charge in [-0.25, -0.2) is 9.13 Å². The van der Waals surface area contributed by atoms with Crippen LogP contribution >= 0.6 is 0 Å². The number of aliphatic hydroxyl groups is 1. The van der Waals surface area contributed by atoms with Crippen molar-refractivity contribution in [3.05, 3.63) is 60.1 Å². The number of imidazole rings is 1. The predicted molar refractivity (Wildman–Crippen MR) is 122 cm³/mol. The number of aliphatic carboxylic acids is 1. The number of benzene rings is 2. The molecule has 8 heteroatoms. The normalized spacial score (nSPS) is 20.8. The van der Waals surface area contributed by atoms with Gasteiger partial charge in [0.1, 0.15) is 23.5 Å². The molecule has 0 saturated carbocycles. The zero-order valence-corrected chi connectivity index (χ0v) is 19.0. The summed E-state index contributed by atoms with van der Waals surface area (Å²) in [6.07, 6.45) is 3.37. The summed E-state index contributed by atoms with van der Waals surface area (Å²) in [6.45, 7) is 1.56. The summed E-state index contributed by atoms with van der Waals surface area (Å²) >= 11 is 0. The highest BCUT2D eigenvalue weighted by atomic mass is 16.4. The second-order valence-corrected chi connectivity index (χ2v) is 9.20. The summed E-state index contributed by atoms with van der Waals surface area (Å²) in [5, 5.41) is 24.1. The largest absolute Gasteiger partial charge is 0.543 e. The molecule has 0 bridgehead atoms. The number of fused-ring (bicyclic) bond motifs is 4. The van der Waals surface area contributed by atoms with E-state index in [0.29, 0.717) is 23.1 Å². The molecule has 2 aliphatic rings. The molecule has 2 aromatic carbocycles. The maximum atomic E-state index is 12.7. The van der Waals surface area contributed by atoms with Crippen molar-refractivity contribution in [2.75, 3.05) is 0 Å². The number of aryl methyl sites for hydroxylation is 2. The highest BCUT2D eigenvalue weighted by Gasteiger charge is 2.55. The first kappa shape index (κ1) is 20.7. The molecule has 1 saturated heterocycles. The summed E-state index contributed by atoms with van der Waals surface area (Å²) in [6, 6.07) is 11.2. The van der Waals surface area contributed by atoms with Gasteiger partial charge in [-0.1, -0.05) is 18.2 Å². The Balaban J connectivity index is 1.64. The number of aromatic nitrogens is 2. The molecule has 0 unspecified atom stereocenters. The van der Waals surface area contributed by atoms with Gasteiger partial charge in [-0.15, -0.1) is 0 Å². The van der Waals surface area contributed by atoms with E-state index in [9.17, 15) is 19.8 Å². The lowest BCUT2D eigenvalue weighted by atomic mass is 9.82. The zero-order chi connectivity index (χ0) is 23.9. The summed E-state index contributed by atoms with van der Waals surface area (Å²) < 4.78 is 10.2. The molecule has 0 radical (unpaired) electrons. The van der Waals surface area contributed by atoms with Crippen molar-refractivity contribution in [2.45, 2.75) is 25.5 Å². The van der Waals surface area contributed by atoms with Crippen LogP contribution in [0.2, 0.25) is 0 Å². The van der Waals surface area contributed by atoms with E-state index >= 15 is 0 Å². The molecule has 4 aromatic rings. The lowest BCUT2D eigenvalue weighted by Gasteiger charge is -2.45. The van der Waals surface area contributed by atoms with Crippen LogP contribution in [0.5, 0.6) is 0 Å². The van der Waals surface area contributed by atoms with Crippen molar-refractivity contribution >= 4 is 39.4 Å². The van der Waals surface area contributed by atoms with E-state index in [1.54, 1.807) is 6.92 Å². The van der Waals surface area contributed by atoms with E-state index in [0.717, 1.165) is 27.7 Å². The number of aliphatic hydroxyl groups excluding tert-OH is 1. The molecule has 172 valence electrons. The highest BCUT2D eigenvalue weighted by molar-refractivity contribution is 6.12. The van der Waals surface area contributed by atoms with Crippen LogP contribution in [0.3, 0.4) is 0 Å². The number of carbonyl (C=O) groups excluding carboxylic acids is 2. The molecule has 2 aromatic heterocycles. The van der Waals surface area contributed by atoms with Gasteiger partial charge in [-0.2, -0.15) is 0 Å². The minimum atomic E-state index is -1.39. The first-order valence-electron chi connectivity index (χ1n) is 11.2. The summed E-state index contributed by atoms with van der Waals surface area (Å²) in [5.41, 5.74) is 3.38. The number of furan rings is 1. The number of nitrogens with zero attached hydrogens (tertiary/aromatic N) is 3. The Morgan fingerprint density at radius 3 is 2.71 bits per heavy atom. The van der Waals surface area contributed by atoms with Crippen LogP contribution in [-0.4, -0.2) is 38.6 Å². The Kier molecular flexibility index (Phi) is 4.28. The highest BCUT2D eigenvalue weighted by Crippen LogP contribution is 2.48. The lowest BCUT2D eigenvalue weighted by molar-refractivity contribution is -0.659. The van der Waals surface area contributed by atoms with Gasteiger partial charge in [-0.3, -0.25) is 4.79 Å². The number of carboxylic acid groups (broad SMARTS) is 1. The average molecular weight is 457 g/mol. The molecule has 4 heterocycles. The van der Waals surface area contributed by atoms with Crippen molar-refractivity contribution in [3.63, 3.8) is 0 Å². The quantitative estimate of drug-likeness (QED) is 0.370. The fourth-order valence-corrected chi connectivity index (χ4v) is 5.65. The summed E-state index contributed by atoms with van der Waals surface area (Å²) in [5.74, 6) is -1.49. The van der Waals surface area contributed by atoms with E-state index in [4.69, 9.17) is 4.42 Å². The van der Waals surface area contributed by atoms with Crippen LogP contribution < -0.4 is 9.67 Å². The third-order valence-electron chi connectivity index (χ3n) is 7.17. The summed E-state index contributed by atoms with van der Waals surface area (Å²) in [4.78, 5) is 26.2. The van der Waals surface area contributed by atoms with Gasteiger partial charge in [0, 0.05) is 10.8 Å². The van der Waals surface area contributed by atoms with E-state index in [-0.39, 0.29) is 17.6 Å². The van der Waals surface area contributed by atoms with Crippen LogP contribution in [-0.2, 0) is 23.7 Å². The van der Waals surface area contributed by atoms with Gasteiger partial charge in [0.2, 0.25) is 5.91 Å². The van der Waals surface area contributed by atoms with Gasteiger partial charge in [0.25, 0.3) is 5.82 Å². The Bertz CT molecular complexity index is 1540. The first-order valence-corrected chi connectivity index (χ1v) is 11.2. The number of hydrogen-bond acceptors (Lipinski definition) is 5. The SMILES string of the molecule is C[C@@H](O)[C@H]1C(=O)N2C(C(=O)[O-])=C(c3cc(-c4n(C)cc[n+]4C)c4oc5ccccc5c4c3)C[C@H]12. The monoisotopic (exact) mass is 457 g/mol. The maximum Gasteiger partial charge on any atom is 0.292 e. The minimum absolute atomic E-state index is 0.110. The van der Waals surface area contributed by atoms with Gasteiger partial charge in [0.05, 0.1) is 43.8 Å². The number of hydrogen-bond donors (Lipinski definition) is 1. The van der Waals surface area contributed by atoms with Crippen LogP contribution in [0, 0.1) is 5.92 Å². The van der Waals surface area contributed by atoms with Gasteiger partial charge in [-0.05, 0) is 42.7 Å².